The third-order valence-electron chi connectivity index (χ3n) is 4.99. The van der Waals surface area contributed by atoms with E-state index in [0.717, 1.165) is 27.7 Å². The van der Waals surface area contributed by atoms with E-state index in [1.165, 1.54) is 6.92 Å². The van der Waals surface area contributed by atoms with Gasteiger partial charge in [-0.3, -0.25) is 9.59 Å². The van der Waals surface area contributed by atoms with Gasteiger partial charge in [-0.05, 0) is 41.8 Å². The molecule has 0 radical (unpaired) electrons. The van der Waals surface area contributed by atoms with E-state index in [1.54, 1.807) is 11.1 Å². The van der Waals surface area contributed by atoms with Crippen molar-refractivity contribution in [3.8, 4) is 0 Å². The summed E-state index contributed by atoms with van der Waals surface area (Å²) in [6, 6.07) is 13.5. The third kappa shape index (κ3) is 3.53. The lowest BCUT2D eigenvalue weighted by Gasteiger charge is -2.32. The Balaban J connectivity index is 1.47. The highest BCUT2D eigenvalue weighted by Crippen LogP contribution is 2.32. The first-order valence-corrected chi connectivity index (χ1v) is 9.29. The maximum Gasteiger partial charge on any atom is 0.223 e. The molecule has 0 fully saturated rings. The second kappa shape index (κ2) is 7.31. The summed E-state index contributed by atoms with van der Waals surface area (Å²) in [7, 11) is 0. The number of benzene rings is 2. The molecule has 1 aliphatic heterocycles. The Labute approximate surface area is 163 Å². The summed E-state index contributed by atoms with van der Waals surface area (Å²) in [6.07, 6.45) is 3.85. The lowest BCUT2D eigenvalue weighted by Crippen LogP contribution is -2.35. The van der Waals surface area contributed by atoms with Gasteiger partial charge in [0.25, 0.3) is 0 Å². The van der Waals surface area contributed by atoms with Gasteiger partial charge < -0.3 is 15.2 Å². The van der Waals surface area contributed by atoms with Crippen molar-refractivity contribution in [1.29, 1.82) is 0 Å². The van der Waals surface area contributed by atoms with Crippen LogP contribution in [0.3, 0.4) is 0 Å². The largest absolute Gasteiger partial charge is 0.349 e. The molecule has 6 heteroatoms. The number of nitrogens with zero attached hydrogens (tertiary/aromatic N) is 2. The van der Waals surface area contributed by atoms with Crippen LogP contribution in [0.2, 0.25) is 0 Å². The Hall–Kier alpha value is -3.41. The molecular formula is C22H22N4O2. The molecule has 3 aromatic rings. The van der Waals surface area contributed by atoms with E-state index in [9.17, 15) is 9.59 Å². The Morgan fingerprint density at radius 2 is 2.04 bits per heavy atom. The highest BCUT2D eigenvalue weighted by molar-refractivity contribution is 5.82. The quantitative estimate of drug-likeness (QED) is 0.734. The average molecular weight is 374 g/mol. The van der Waals surface area contributed by atoms with Gasteiger partial charge in [0, 0.05) is 13.1 Å². The number of rotatable bonds is 4. The minimum absolute atomic E-state index is 0.0868. The van der Waals surface area contributed by atoms with E-state index in [0.29, 0.717) is 12.4 Å². The lowest BCUT2D eigenvalue weighted by atomic mass is 9.93. The summed E-state index contributed by atoms with van der Waals surface area (Å²) in [5.41, 5.74) is 5.00. The maximum atomic E-state index is 12.6. The molecule has 1 aromatic heterocycles. The van der Waals surface area contributed by atoms with E-state index >= 15 is 0 Å². The van der Waals surface area contributed by atoms with Crippen molar-refractivity contribution in [3.63, 3.8) is 0 Å². The molecule has 2 N–H and O–H groups in total. The summed E-state index contributed by atoms with van der Waals surface area (Å²) in [6.45, 7) is 3.86. The summed E-state index contributed by atoms with van der Waals surface area (Å²) in [4.78, 5) is 34.0. The number of carbonyl (C=O) groups is 2. The van der Waals surface area contributed by atoms with E-state index in [-0.39, 0.29) is 24.3 Å². The smallest absolute Gasteiger partial charge is 0.223 e. The van der Waals surface area contributed by atoms with E-state index in [1.807, 2.05) is 55.5 Å². The van der Waals surface area contributed by atoms with E-state index in [4.69, 9.17) is 0 Å². The number of amides is 2. The molecule has 1 aliphatic rings. The number of hydrogen-bond donors (Lipinski definition) is 2. The minimum atomic E-state index is -0.308. The third-order valence-corrected chi connectivity index (χ3v) is 4.99. The van der Waals surface area contributed by atoms with Crippen LogP contribution in [-0.4, -0.2) is 26.7 Å². The van der Waals surface area contributed by atoms with Crippen molar-refractivity contribution < 1.29 is 9.59 Å². The Morgan fingerprint density at radius 3 is 2.86 bits per heavy atom. The molecule has 1 atom stereocenters. The van der Waals surface area contributed by atoms with E-state index < -0.39 is 0 Å². The fraction of sp³-hybridized carbons (Fsp3) is 0.227. The number of fused-ring (bicyclic) bond motifs is 2. The summed E-state index contributed by atoms with van der Waals surface area (Å²) < 4.78 is 0. The van der Waals surface area contributed by atoms with Crippen molar-refractivity contribution in [3.05, 3.63) is 71.2 Å². The Bertz CT molecular complexity index is 1080. The van der Waals surface area contributed by atoms with Gasteiger partial charge in [-0.15, -0.1) is 0 Å². The van der Waals surface area contributed by atoms with Crippen molar-refractivity contribution in [2.45, 2.75) is 32.9 Å². The van der Waals surface area contributed by atoms with Crippen LogP contribution in [0.4, 0.5) is 0 Å². The van der Waals surface area contributed by atoms with Crippen LogP contribution in [-0.2, 0) is 16.1 Å². The molecule has 0 spiro atoms. The van der Waals surface area contributed by atoms with Crippen LogP contribution >= 0.6 is 0 Å². The van der Waals surface area contributed by atoms with Gasteiger partial charge in [-0.1, -0.05) is 30.3 Å². The van der Waals surface area contributed by atoms with Crippen LogP contribution in [0, 0.1) is 6.92 Å². The maximum absolute atomic E-state index is 12.6. The molecule has 4 rings (SSSR count). The fourth-order valence-corrected chi connectivity index (χ4v) is 3.60. The number of carbonyl (C=O) groups excluding carboxylic acids is 2. The van der Waals surface area contributed by atoms with Crippen LogP contribution < -0.4 is 5.32 Å². The average Bonchev–Trinajstić information content (AvgIpc) is 3.08. The van der Waals surface area contributed by atoms with Crippen molar-refractivity contribution in [1.82, 2.24) is 20.2 Å². The number of H-pyrrole nitrogens is 1. The molecule has 142 valence electrons. The van der Waals surface area contributed by atoms with Crippen molar-refractivity contribution in [2.75, 3.05) is 0 Å². The minimum Gasteiger partial charge on any atom is -0.349 e. The van der Waals surface area contributed by atoms with Crippen molar-refractivity contribution >= 4 is 28.9 Å². The van der Waals surface area contributed by atoms with Crippen LogP contribution in [0.15, 0.2) is 48.7 Å². The predicted octanol–water partition coefficient (Wildman–Crippen LogP) is 3.45. The summed E-state index contributed by atoms with van der Waals surface area (Å²) in [5.74, 6) is 0.496. The molecule has 28 heavy (non-hydrogen) atoms. The first-order valence-electron chi connectivity index (χ1n) is 9.29. The number of aromatic nitrogens is 2. The zero-order valence-corrected chi connectivity index (χ0v) is 15.9. The van der Waals surface area contributed by atoms with Crippen LogP contribution in [0.1, 0.15) is 41.9 Å². The highest BCUT2D eigenvalue weighted by Gasteiger charge is 2.28. The number of aryl methyl sites for hydroxylation is 1. The van der Waals surface area contributed by atoms with Gasteiger partial charge in [-0.25, -0.2) is 4.98 Å². The van der Waals surface area contributed by atoms with Gasteiger partial charge in [0.2, 0.25) is 11.8 Å². The SMILES string of the molecule is CC(=O)N1C=Cc2ccccc2C1CC(=O)NCc1nc2ccc(C)cc2[nH]1. The van der Waals surface area contributed by atoms with Gasteiger partial charge >= 0.3 is 0 Å². The molecule has 0 saturated carbocycles. The van der Waals surface area contributed by atoms with Gasteiger partial charge in [-0.2, -0.15) is 0 Å². The Morgan fingerprint density at radius 1 is 1.21 bits per heavy atom. The topological polar surface area (TPSA) is 78.1 Å². The Kier molecular flexibility index (Phi) is 4.69. The molecule has 2 heterocycles. The van der Waals surface area contributed by atoms with Gasteiger partial charge in [0.05, 0.1) is 30.0 Å². The lowest BCUT2D eigenvalue weighted by molar-refractivity contribution is -0.130. The molecule has 1 unspecified atom stereocenters. The molecule has 0 aliphatic carbocycles. The molecule has 2 aromatic carbocycles. The molecule has 6 nitrogen and oxygen atoms in total. The highest BCUT2D eigenvalue weighted by atomic mass is 16.2. The van der Waals surface area contributed by atoms with Crippen LogP contribution in [0.25, 0.3) is 17.1 Å². The zero-order valence-electron chi connectivity index (χ0n) is 15.9. The number of nitrogens with one attached hydrogen (secondary N) is 2. The first-order chi connectivity index (χ1) is 13.5. The van der Waals surface area contributed by atoms with Crippen molar-refractivity contribution in [2.24, 2.45) is 0 Å². The van der Waals surface area contributed by atoms with Crippen LogP contribution in [0.5, 0.6) is 0 Å². The number of hydrogen-bond acceptors (Lipinski definition) is 3. The van der Waals surface area contributed by atoms with E-state index in [2.05, 4.69) is 15.3 Å². The van der Waals surface area contributed by atoms with Gasteiger partial charge in [0.1, 0.15) is 5.82 Å². The molecule has 2 amide bonds. The normalized spacial score (nSPS) is 15.5. The fourth-order valence-electron chi connectivity index (χ4n) is 3.60. The second-order valence-corrected chi connectivity index (χ2v) is 7.07. The molecular weight excluding hydrogens is 352 g/mol. The molecule has 0 bridgehead atoms. The number of imidazole rings is 1. The second-order valence-electron chi connectivity index (χ2n) is 7.07. The summed E-state index contributed by atoms with van der Waals surface area (Å²) in [5, 5.41) is 2.92. The predicted molar refractivity (Wildman–Crippen MR) is 108 cm³/mol. The van der Waals surface area contributed by atoms with Gasteiger partial charge in [0.15, 0.2) is 0 Å². The zero-order chi connectivity index (χ0) is 19.7. The number of aromatic amines is 1. The molecule has 0 saturated heterocycles. The first kappa shape index (κ1) is 18.0. The monoisotopic (exact) mass is 374 g/mol. The summed E-state index contributed by atoms with van der Waals surface area (Å²) >= 11 is 0. The standard InChI is InChI=1S/C22H22N4O2/c1-14-7-8-18-19(11-14)25-21(24-18)13-23-22(28)12-20-17-6-4-3-5-16(17)9-10-26(20)15(2)27/h3-11,20H,12-13H2,1-2H3,(H,23,28)(H,24,25).